The zero-order chi connectivity index (χ0) is 21.7. The molecule has 0 bridgehead atoms. The third kappa shape index (κ3) is 3.75. The summed E-state index contributed by atoms with van der Waals surface area (Å²) in [5.41, 5.74) is -2.72. The minimum absolute atomic E-state index is 0.0262. The summed E-state index contributed by atoms with van der Waals surface area (Å²) in [5.74, 6) is -0.766. The summed E-state index contributed by atoms with van der Waals surface area (Å²) < 4.78 is 41.9. The van der Waals surface area contributed by atoms with Gasteiger partial charge in [0.05, 0.1) is 10.6 Å². The molecule has 2 aromatic heterocycles. The first kappa shape index (κ1) is 20.9. The fourth-order valence-corrected chi connectivity index (χ4v) is 3.18. The minimum atomic E-state index is -4.70. The quantitative estimate of drug-likeness (QED) is 0.621. The molecule has 29 heavy (non-hydrogen) atoms. The molecule has 3 aromatic rings. The van der Waals surface area contributed by atoms with Crippen LogP contribution in [0.25, 0.3) is 11.2 Å². The molecule has 13 heteroatoms. The first-order valence-corrected chi connectivity index (χ1v) is 8.65. The highest BCUT2D eigenvalue weighted by Crippen LogP contribution is 2.36. The van der Waals surface area contributed by atoms with Gasteiger partial charge in [0.15, 0.2) is 11.2 Å². The summed E-state index contributed by atoms with van der Waals surface area (Å²) >= 11 is 11.6. The number of aromatic nitrogens is 4. The van der Waals surface area contributed by atoms with Crippen molar-refractivity contribution in [2.24, 2.45) is 14.1 Å². The van der Waals surface area contributed by atoms with Crippen LogP contribution in [-0.4, -0.2) is 24.6 Å². The Labute approximate surface area is 170 Å². The molecule has 1 N–H and O–H groups in total. The number of benzene rings is 1. The van der Waals surface area contributed by atoms with E-state index in [0.717, 1.165) is 19.8 Å². The van der Waals surface area contributed by atoms with Crippen molar-refractivity contribution in [1.82, 2.24) is 18.7 Å². The summed E-state index contributed by atoms with van der Waals surface area (Å²) in [6.45, 7) is -0.521. The van der Waals surface area contributed by atoms with Gasteiger partial charge in [0.2, 0.25) is 11.2 Å². The van der Waals surface area contributed by atoms with E-state index < -0.39 is 40.5 Å². The van der Waals surface area contributed by atoms with Crippen molar-refractivity contribution in [2.45, 2.75) is 12.7 Å². The van der Waals surface area contributed by atoms with Crippen LogP contribution in [0, 0.1) is 0 Å². The molecule has 2 heterocycles. The van der Waals surface area contributed by atoms with Gasteiger partial charge >= 0.3 is 11.9 Å². The number of amides is 1. The third-order valence-electron chi connectivity index (χ3n) is 4.16. The van der Waals surface area contributed by atoms with Crippen molar-refractivity contribution in [2.75, 3.05) is 5.32 Å². The summed E-state index contributed by atoms with van der Waals surface area (Å²) in [6, 6.07) is 2.90. The lowest BCUT2D eigenvalue weighted by Gasteiger charge is -2.12. The number of halogens is 5. The second kappa shape index (κ2) is 7.23. The smallest absolute Gasteiger partial charge is 0.325 e. The second-order valence-corrected chi connectivity index (χ2v) is 6.83. The Morgan fingerprint density at radius 1 is 1.17 bits per heavy atom. The largest absolute Gasteiger partial charge is 0.417 e. The van der Waals surface area contributed by atoms with Crippen LogP contribution in [0.5, 0.6) is 0 Å². The van der Waals surface area contributed by atoms with Crippen molar-refractivity contribution in [3.05, 3.63) is 54.9 Å². The first-order chi connectivity index (χ1) is 13.4. The predicted octanol–water partition coefficient (Wildman–Crippen LogP) is 2.40. The zero-order valence-electron chi connectivity index (χ0n) is 14.8. The zero-order valence-corrected chi connectivity index (χ0v) is 16.4. The minimum Gasteiger partial charge on any atom is -0.325 e. The van der Waals surface area contributed by atoms with Gasteiger partial charge in [-0.2, -0.15) is 18.2 Å². The molecule has 0 fully saturated rings. The van der Waals surface area contributed by atoms with Crippen LogP contribution in [0.15, 0.2) is 27.8 Å². The van der Waals surface area contributed by atoms with Gasteiger partial charge in [0.25, 0.3) is 5.56 Å². The Bertz CT molecular complexity index is 1260. The maximum atomic E-state index is 13.0. The third-order valence-corrected chi connectivity index (χ3v) is 4.78. The number of aryl methyl sites for hydroxylation is 1. The summed E-state index contributed by atoms with van der Waals surface area (Å²) in [4.78, 5) is 40.7. The summed E-state index contributed by atoms with van der Waals surface area (Å²) in [6.07, 6.45) is -4.70. The van der Waals surface area contributed by atoms with Crippen LogP contribution in [-0.2, 0) is 31.6 Å². The lowest BCUT2D eigenvalue weighted by Crippen LogP contribution is -2.37. The maximum Gasteiger partial charge on any atom is 0.417 e. The van der Waals surface area contributed by atoms with E-state index >= 15 is 0 Å². The lowest BCUT2D eigenvalue weighted by molar-refractivity contribution is -0.137. The molecule has 0 radical (unpaired) electrons. The van der Waals surface area contributed by atoms with Crippen LogP contribution in [0.1, 0.15) is 5.56 Å². The van der Waals surface area contributed by atoms with Crippen molar-refractivity contribution >= 4 is 46.0 Å². The Kier molecular flexibility index (Phi) is 5.22. The number of anilines is 1. The fourth-order valence-electron chi connectivity index (χ4n) is 2.73. The van der Waals surface area contributed by atoms with Gasteiger partial charge < -0.3 is 5.32 Å². The summed E-state index contributed by atoms with van der Waals surface area (Å²) in [5, 5.41) is 1.54. The number of carbonyl (C=O) groups excluding carboxylic acids is 1. The highest BCUT2D eigenvalue weighted by molar-refractivity contribution is 6.31. The van der Waals surface area contributed by atoms with E-state index in [9.17, 15) is 27.6 Å². The number of nitrogens with one attached hydrogen (secondary N) is 1. The van der Waals surface area contributed by atoms with Crippen LogP contribution in [0.3, 0.4) is 0 Å². The van der Waals surface area contributed by atoms with E-state index in [1.54, 1.807) is 0 Å². The van der Waals surface area contributed by atoms with E-state index in [4.69, 9.17) is 23.2 Å². The molecule has 0 aliphatic carbocycles. The van der Waals surface area contributed by atoms with E-state index in [-0.39, 0.29) is 22.1 Å². The normalized spacial score (nSPS) is 11.8. The number of rotatable bonds is 3. The Balaban J connectivity index is 1.97. The van der Waals surface area contributed by atoms with Crippen LogP contribution < -0.4 is 16.6 Å². The van der Waals surface area contributed by atoms with Crippen LogP contribution in [0.2, 0.25) is 10.3 Å². The molecule has 0 spiro atoms. The SMILES string of the molecule is Cn1c(=O)c2c(nc(Cl)n2CC(=O)Nc2ccc(Cl)c(C(F)(F)F)c2)n(C)c1=O. The fraction of sp³-hybridized carbons (Fsp3) is 0.250. The maximum absolute atomic E-state index is 13.0. The number of nitrogens with zero attached hydrogens (tertiary/aromatic N) is 4. The number of alkyl halides is 3. The average Bonchev–Trinajstić information content (AvgIpc) is 2.95. The van der Waals surface area contributed by atoms with Crippen molar-refractivity contribution in [1.29, 1.82) is 0 Å². The molecule has 0 aliphatic heterocycles. The van der Waals surface area contributed by atoms with Gasteiger partial charge in [0.1, 0.15) is 6.54 Å². The van der Waals surface area contributed by atoms with Crippen molar-refractivity contribution < 1.29 is 18.0 Å². The molecular weight excluding hydrogens is 438 g/mol. The molecule has 1 aromatic carbocycles. The van der Waals surface area contributed by atoms with E-state index in [1.165, 1.54) is 20.2 Å². The van der Waals surface area contributed by atoms with Gasteiger partial charge in [-0.15, -0.1) is 0 Å². The second-order valence-electron chi connectivity index (χ2n) is 6.09. The summed E-state index contributed by atoms with van der Waals surface area (Å²) in [7, 11) is 2.63. The topological polar surface area (TPSA) is 90.9 Å². The van der Waals surface area contributed by atoms with Crippen LogP contribution >= 0.6 is 23.2 Å². The van der Waals surface area contributed by atoms with Crippen molar-refractivity contribution in [3.8, 4) is 0 Å². The van der Waals surface area contributed by atoms with E-state index in [1.807, 2.05) is 0 Å². The molecule has 154 valence electrons. The molecule has 0 atom stereocenters. The Morgan fingerprint density at radius 2 is 1.83 bits per heavy atom. The number of carbonyl (C=O) groups is 1. The van der Waals surface area contributed by atoms with Gasteiger partial charge in [-0.3, -0.25) is 23.3 Å². The standard InChI is InChI=1S/C16H12Cl2F3N5O3/c1-24-12-11(13(28)25(2)15(24)29)26(14(18)23-12)6-10(27)22-7-3-4-9(17)8(5-7)16(19,20)21/h3-5H,6H2,1-2H3,(H,22,27). The molecule has 3 rings (SSSR count). The van der Waals surface area contributed by atoms with Crippen molar-refractivity contribution in [3.63, 3.8) is 0 Å². The number of imidazole rings is 1. The highest BCUT2D eigenvalue weighted by Gasteiger charge is 2.33. The first-order valence-electron chi connectivity index (χ1n) is 7.90. The molecule has 0 aliphatic rings. The van der Waals surface area contributed by atoms with Crippen LogP contribution in [0.4, 0.5) is 18.9 Å². The molecule has 1 amide bonds. The molecular formula is C16H12Cl2F3N5O3. The molecule has 0 saturated heterocycles. The Hall–Kier alpha value is -2.79. The van der Waals surface area contributed by atoms with Gasteiger partial charge in [0, 0.05) is 19.8 Å². The number of hydrogen-bond donors (Lipinski definition) is 1. The predicted molar refractivity (Wildman–Crippen MR) is 100 cm³/mol. The van der Waals surface area contributed by atoms with Gasteiger partial charge in [-0.05, 0) is 29.8 Å². The van der Waals surface area contributed by atoms with E-state index in [0.29, 0.717) is 6.07 Å². The molecule has 8 nitrogen and oxygen atoms in total. The van der Waals surface area contributed by atoms with E-state index in [2.05, 4.69) is 10.3 Å². The monoisotopic (exact) mass is 449 g/mol. The average molecular weight is 450 g/mol. The Morgan fingerprint density at radius 3 is 2.45 bits per heavy atom. The van der Waals surface area contributed by atoms with Gasteiger partial charge in [-0.1, -0.05) is 11.6 Å². The molecule has 0 unspecified atom stereocenters. The lowest BCUT2D eigenvalue weighted by atomic mass is 10.2. The highest BCUT2D eigenvalue weighted by atomic mass is 35.5. The number of hydrogen-bond acceptors (Lipinski definition) is 4. The molecule has 0 saturated carbocycles. The van der Waals surface area contributed by atoms with Gasteiger partial charge in [-0.25, -0.2) is 4.79 Å². The number of fused-ring (bicyclic) bond motifs is 1.